The Morgan fingerprint density at radius 1 is 1.22 bits per heavy atom. The van der Waals surface area contributed by atoms with E-state index in [4.69, 9.17) is 4.74 Å². The Balaban J connectivity index is 2.15. The number of carbonyl (C=O) groups excluding carboxylic acids is 1. The highest BCUT2D eigenvalue weighted by Gasteiger charge is 2.27. The third-order valence-corrected chi connectivity index (χ3v) is 4.15. The lowest BCUT2D eigenvalue weighted by atomic mass is 9.93. The first-order chi connectivity index (χ1) is 8.71. The molecule has 0 fully saturated rings. The van der Waals surface area contributed by atoms with Gasteiger partial charge in [0, 0.05) is 12.7 Å². The summed E-state index contributed by atoms with van der Waals surface area (Å²) in [6.45, 7) is 0. The number of hydrogen-bond donors (Lipinski definition) is 0. The number of rotatable bonds is 4. The van der Waals surface area contributed by atoms with Gasteiger partial charge >= 0.3 is 0 Å². The van der Waals surface area contributed by atoms with Crippen LogP contribution in [-0.2, 0) is 4.74 Å². The van der Waals surface area contributed by atoms with Gasteiger partial charge < -0.3 is 4.74 Å². The van der Waals surface area contributed by atoms with Gasteiger partial charge in [0.05, 0.1) is 5.92 Å². The molecule has 0 aliphatic heterocycles. The summed E-state index contributed by atoms with van der Waals surface area (Å²) in [5.74, 6) is -0.0725. The summed E-state index contributed by atoms with van der Waals surface area (Å²) < 4.78 is 5.44. The van der Waals surface area contributed by atoms with Gasteiger partial charge in [-0.1, -0.05) is 42.5 Å². The van der Waals surface area contributed by atoms with Crippen LogP contribution in [0.25, 0.3) is 0 Å². The van der Waals surface area contributed by atoms with E-state index in [0.29, 0.717) is 0 Å². The Bertz CT molecular complexity index is 457. The van der Waals surface area contributed by atoms with E-state index in [0.717, 1.165) is 5.56 Å². The minimum atomic E-state index is -0.423. The number of allylic oxidation sites excluding steroid dienone is 2. The highest BCUT2D eigenvalue weighted by atomic mass is 32.2. The van der Waals surface area contributed by atoms with Crippen LogP contribution in [0.15, 0.2) is 54.6 Å². The van der Waals surface area contributed by atoms with E-state index in [1.165, 1.54) is 0 Å². The molecule has 0 amide bonds. The zero-order chi connectivity index (χ0) is 13.0. The van der Waals surface area contributed by atoms with Crippen molar-refractivity contribution in [1.29, 1.82) is 0 Å². The van der Waals surface area contributed by atoms with Crippen LogP contribution < -0.4 is 0 Å². The fourth-order valence-corrected chi connectivity index (χ4v) is 2.52. The van der Waals surface area contributed by atoms with Gasteiger partial charge in [-0.3, -0.25) is 4.79 Å². The van der Waals surface area contributed by atoms with Crippen LogP contribution >= 0.6 is 11.8 Å². The van der Waals surface area contributed by atoms with Gasteiger partial charge in [0.25, 0.3) is 0 Å². The first kappa shape index (κ1) is 13.1. The Kier molecular flexibility index (Phi) is 4.04. The second-order valence-corrected chi connectivity index (χ2v) is 5.15. The minimum absolute atomic E-state index is 0.119. The molecule has 1 aliphatic carbocycles. The number of methoxy groups -OCH3 is 1. The summed E-state index contributed by atoms with van der Waals surface area (Å²) in [5.41, 5.74) is 0.742. The molecule has 0 N–H and O–H groups in total. The predicted octanol–water partition coefficient (Wildman–Crippen LogP) is 3.32. The highest BCUT2D eigenvalue weighted by Crippen LogP contribution is 2.32. The fraction of sp³-hybridized carbons (Fsp3) is 0.267. The van der Waals surface area contributed by atoms with Gasteiger partial charge in [-0.25, -0.2) is 0 Å². The summed E-state index contributed by atoms with van der Waals surface area (Å²) in [6.07, 6.45) is 9.70. The maximum atomic E-state index is 12.2. The van der Waals surface area contributed by atoms with E-state index in [-0.39, 0.29) is 11.7 Å². The molecule has 2 rings (SSSR count). The Hall–Kier alpha value is -1.32. The van der Waals surface area contributed by atoms with Crippen LogP contribution in [0.2, 0.25) is 0 Å². The number of ether oxygens (including phenoxy) is 1. The zero-order valence-electron chi connectivity index (χ0n) is 10.5. The molecule has 0 radical (unpaired) electrons. The van der Waals surface area contributed by atoms with Gasteiger partial charge in [0.15, 0.2) is 10.7 Å². The number of hydrogen-bond acceptors (Lipinski definition) is 3. The van der Waals surface area contributed by atoms with Crippen LogP contribution in [0.3, 0.4) is 0 Å². The van der Waals surface area contributed by atoms with Crippen molar-refractivity contribution >= 4 is 17.5 Å². The summed E-state index contributed by atoms with van der Waals surface area (Å²) in [6, 6.07) is 9.36. The highest BCUT2D eigenvalue weighted by molar-refractivity contribution is 8.00. The van der Waals surface area contributed by atoms with Crippen molar-refractivity contribution in [3.05, 3.63) is 60.2 Å². The van der Waals surface area contributed by atoms with Gasteiger partial charge in [0.2, 0.25) is 0 Å². The molecule has 2 nitrogen and oxygen atoms in total. The molecule has 0 saturated heterocycles. The van der Waals surface area contributed by atoms with Crippen molar-refractivity contribution in [2.24, 2.45) is 5.92 Å². The molecule has 94 valence electrons. The number of thioether (sulfide) groups is 1. The average Bonchev–Trinajstić information content (AvgIpc) is 2.47. The molecule has 0 atom stereocenters. The quantitative estimate of drug-likeness (QED) is 0.472. The molecule has 1 aromatic carbocycles. The topological polar surface area (TPSA) is 26.3 Å². The molecule has 0 heterocycles. The Morgan fingerprint density at radius 2 is 1.83 bits per heavy atom. The SMILES string of the molecule is COC1(SC)C=CC(C(=O)c2ccccc2)C=C1. The monoisotopic (exact) mass is 260 g/mol. The van der Waals surface area contributed by atoms with E-state index in [1.54, 1.807) is 18.9 Å². The van der Waals surface area contributed by atoms with Crippen molar-refractivity contribution < 1.29 is 9.53 Å². The molecule has 0 aromatic heterocycles. The second-order valence-electron chi connectivity index (χ2n) is 4.10. The standard InChI is InChI=1S/C15H16O2S/c1-17-15(18-2)10-8-13(9-11-15)14(16)12-6-4-3-5-7-12/h3-11,13H,1-2H3. The third-order valence-electron chi connectivity index (χ3n) is 3.07. The molecule has 3 heteroatoms. The Labute approximate surface area is 112 Å². The van der Waals surface area contributed by atoms with Crippen molar-refractivity contribution in [2.45, 2.75) is 4.93 Å². The molecule has 0 saturated carbocycles. The summed E-state index contributed by atoms with van der Waals surface area (Å²) in [7, 11) is 1.67. The van der Waals surface area contributed by atoms with Crippen molar-refractivity contribution in [3.63, 3.8) is 0 Å². The van der Waals surface area contributed by atoms with Crippen molar-refractivity contribution in [3.8, 4) is 0 Å². The molecule has 18 heavy (non-hydrogen) atoms. The predicted molar refractivity (Wildman–Crippen MR) is 75.8 cm³/mol. The lowest BCUT2D eigenvalue weighted by Crippen LogP contribution is -2.25. The molecule has 1 aliphatic rings. The summed E-state index contributed by atoms with van der Waals surface area (Å²) >= 11 is 1.60. The van der Waals surface area contributed by atoms with E-state index in [9.17, 15) is 4.79 Å². The van der Waals surface area contributed by atoms with Gasteiger partial charge in [-0.05, 0) is 18.4 Å². The van der Waals surface area contributed by atoms with Crippen LogP contribution in [-0.4, -0.2) is 24.1 Å². The zero-order valence-corrected chi connectivity index (χ0v) is 11.3. The van der Waals surface area contributed by atoms with Crippen LogP contribution in [0.4, 0.5) is 0 Å². The summed E-state index contributed by atoms with van der Waals surface area (Å²) in [4.78, 5) is 11.8. The van der Waals surface area contributed by atoms with Crippen LogP contribution in [0.1, 0.15) is 10.4 Å². The minimum Gasteiger partial charge on any atom is -0.360 e. The Morgan fingerprint density at radius 3 is 2.33 bits per heavy atom. The smallest absolute Gasteiger partial charge is 0.173 e. The van der Waals surface area contributed by atoms with Crippen LogP contribution in [0, 0.1) is 5.92 Å². The van der Waals surface area contributed by atoms with E-state index in [1.807, 2.05) is 60.9 Å². The number of benzene rings is 1. The average molecular weight is 260 g/mol. The maximum Gasteiger partial charge on any atom is 0.173 e. The normalized spacial score (nSPS) is 26.2. The first-order valence-electron chi connectivity index (χ1n) is 5.79. The molecule has 0 unspecified atom stereocenters. The molecule has 0 bridgehead atoms. The molecule has 1 aromatic rings. The molecular formula is C15H16O2S. The van der Waals surface area contributed by atoms with E-state index < -0.39 is 4.93 Å². The largest absolute Gasteiger partial charge is 0.360 e. The molecular weight excluding hydrogens is 244 g/mol. The van der Waals surface area contributed by atoms with Crippen molar-refractivity contribution in [1.82, 2.24) is 0 Å². The maximum absolute atomic E-state index is 12.2. The van der Waals surface area contributed by atoms with E-state index in [2.05, 4.69) is 0 Å². The number of carbonyl (C=O) groups is 1. The van der Waals surface area contributed by atoms with Crippen LogP contribution in [0.5, 0.6) is 0 Å². The van der Waals surface area contributed by atoms with Crippen molar-refractivity contribution in [2.75, 3.05) is 13.4 Å². The van der Waals surface area contributed by atoms with Gasteiger partial charge in [-0.2, -0.15) is 0 Å². The lowest BCUT2D eigenvalue weighted by molar-refractivity contribution is 0.0959. The lowest BCUT2D eigenvalue weighted by Gasteiger charge is -2.27. The fourth-order valence-electron chi connectivity index (χ4n) is 1.92. The van der Waals surface area contributed by atoms with Gasteiger partial charge in [0.1, 0.15) is 0 Å². The second kappa shape index (κ2) is 5.55. The summed E-state index contributed by atoms with van der Waals surface area (Å²) in [5, 5.41) is 0. The first-order valence-corrected chi connectivity index (χ1v) is 7.01. The van der Waals surface area contributed by atoms with Gasteiger partial charge in [-0.15, -0.1) is 11.8 Å². The van der Waals surface area contributed by atoms with E-state index >= 15 is 0 Å². The number of Topliss-reactive ketones (excluding diaryl/α,β-unsaturated/α-hetero) is 1. The number of ketones is 1. The third kappa shape index (κ3) is 2.57. The molecule has 0 spiro atoms.